The fraction of sp³-hybridized carbons (Fsp3) is 0.273. The number of carbonyl (C=O) groups excluding carboxylic acids is 4. The van der Waals surface area contributed by atoms with Gasteiger partial charge in [-0.25, -0.2) is 0 Å². The zero-order valence-electron chi connectivity index (χ0n) is 18.2. The van der Waals surface area contributed by atoms with Gasteiger partial charge in [0, 0.05) is 21.9 Å². The Hall–Kier alpha value is -2.98. The first kappa shape index (κ1) is 25.3. The number of nitrogens with two attached hydrogens (primary N) is 2. The fourth-order valence-corrected chi connectivity index (χ4v) is 5.52. The van der Waals surface area contributed by atoms with E-state index in [0.717, 1.165) is 21.6 Å². The molecule has 0 aromatic heterocycles. The standard InChI is InChI=1S/C22H26N4O4S2/c1-11(2)25-21(29)15-9-5-7-13(19(23)27)17(15)31-32-18-14(20(24)28)8-6-10-16(18)22(30)26-12(3)4/h5-12H,1-4H3,(H2,23,27)(H2,24,28)(H,25,29)(H,26,30). The van der Waals surface area contributed by atoms with Crippen molar-refractivity contribution in [3.63, 3.8) is 0 Å². The zero-order chi connectivity index (χ0) is 24.0. The van der Waals surface area contributed by atoms with Crippen LogP contribution in [0.15, 0.2) is 46.2 Å². The molecule has 0 aliphatic carbocycles. The van der Waals surface area contributed by atoms with Gasteiger partial charge in [-0.3, -0.25) is 19.2 Å². The average molecular weight is 475 g/mol. The minimum Gasteiger partial charge on any atom is -0.366 e. The van der Waals surface area contributed by atoms with Gasteiger partial charge in [0.25, 0.3) is 11.8 Å². The molecule has 6 N–H and O–H groups in total. The number of carbonyl (C=O) groups is 4. The van der Waals surface area contributed by atoms with Crippen molar-refractivity contribution in [3.8, 4) is 0 Å². The van der Waals surface area contributed by atoms with Crippen LogP contribution in [0.2, 0.25) is 0 Å². The molecule has 0 saturated heterocycles. The molecule has 0 saturated carbocycles. The van der Waals surface area contributed by atoms with Crippen molar-refractivity contribution < 1.29 is 19.2 Å². The van der Waals surface area contributed by atoms with E-state index in [1.807, 2.05) is 27.7 Å². The summed E-state index contributed by atoms with van der Waals surface area (Å²) in [5.41, 5.74) is 11.9. The van der Waals surface area contributed by atoms with E-state index in [4.69, 9.17) is 11.5 Å². The van der Waals surface area contributed by atoms with Crippen LogP contribution < -0.4 is 22.1 Å². The highest BCUT2D eigenvalue weighted by Gasteiger charge is 2.23. The number of hydrogen-bond acceptors (Lipinski definition) is 6. The van der Waals surface area contributed by atoms with Gasteiger partial charge in [-0.1, -0.05) is 33.7 Å². The molecule has 2 rings (SSSR count). The van der Waals surface area contributed by atoms with Gasteiger partial charge in [-0.05, 0) is 52.0 Å². The summed E-state index contributed by atoms with van der Waals surface area (Å²) in [7, 11) is 2.12. The van der Waals surface area contributed by atoms with Crippen LogP contribution in [0.3, 0.4) is 0 Å². The lowest BCUT2D eigenvalue weighted by atomic mass is 10.1. The van der Waals surface area contributed by atoms with E-state index < -0.39 is 11.8 Å². The zero-order valence-corrected chi connectivity index (χ0v) is 19.9. The van der Waals surface area contributed by atoms with Crippen LogP contribution in [0.4, 0.5) is 0 Å². The van der Waals surface area contributed by atoms with E-state index in [0.29, 0.717) is 9.79 Å². The first-order chi connectivity index (χ1) is 15.0. The van der Waals surface area contributed by atoms with Crippen LogP contribution in [0.5, 0.6) is 0 Å². The maximum absolute atomic E-state index is 12.7. The molecule has 0 atom stereocenters. The summed E-state index contributed by atoms with van der Waals surface area (Å²) in [6.45, 7) is 7.28. The van der Waals surface area contributed by atoms with E-state index >= 15 is 0 Å². The van der Waals surface area contributed by atoms with Gasteiger partial charge >= 0.3 is 0 Å². The maximum Gasteiger partial charge on any atom is 0.252 e. The molecule has 170 valence electrons. The lowest BCUT2D eigenvalue weighted by Crippen LogP contribution is -2.31. The second-order valence-corrected chi connectivity index (χ2v) is 9.67. The quantitative estimate of drug-likeness (QED) is 0.411. The summed E-state index contributed by atoms with van der Waals surface area (Å²) < 4.78 is 0. The Morgan fingerprint density at radius 2 is 0.969 bits per heavy atom. The first-order valence-electron chi connectivity index (χ1n) is 9.84. The van der Waals surface area contributed by atoms with Crippen molar-refractivity contribution >= 4 is 45.2 Å². The highest BCUT2D eigenvalue weighted by Crippen LogP contribution is 2.43. The molecule has 0 spiro atoms. The molecule has 32 heavy (non-hydrogen) atoms. The molecular weight excluding hydrogens is 448 g/mol. The van der Waals surface area contributed by atoms with Crippen LogP contribution >= 0.6 is 21.6 Å². The predicted molar refractivity (Wildman–Crippen MR) is 127 cm³/mol. The number of hydrogen-bond donors (Lipinski definition) is 4. The highest BCUT2D eigenvalue weighted by molar-refractivity contribution is 8.76. The molecule has 0 heterocycles. The fourth-order valence-electron chi connectivity index (χ4n) is 2.76. The normalized spacial score (nSPS) is 10.8. The molecule has 10 heteroatoms. The molecule has 0 radical (unpaired) electrons. The lowest BCUT2D eigenvalue weighted by Gasteiger charge is -2.16. The minimum atomic E-state index is -0.701. The van der Waals surface area contributed by atoms with Crippen molar-refractivity contribution in [2.75, 3.05) is 0 Å². The summed E-state index contributed by atoms with van der Waals surface area (Å²) in [6, 6.07) is 9.11. The molecule has 2 aromatic rings. The van der Waals surface area contributed by atoms with E-state index in [9.17, 15) is 19.2 Å². The van der Waals surface area contributed by atoms with Crippen LogP contribution in [0, 0.1) is 0 Å². The number of nitrogens with one attached hydrogen (secondary N) is 2. The van der Waals surface area contributed by atoms with Crippen LogP contribution in [-0.2, 0) is 0 Å². The van der Waals surface area contributed by atoms with Gasteiger partial charge < -0.3 is 22.1 Å². The van der Waals surface area contributed by atoms with Crippen LogP contribution in [-0.4, -0.2) is 35.7 Å². The third kappa shape index (κ3) is 6.27. The van der Waals surface area contributed by atoms with Crippen molar-refractivity contribution in [2.45, 2.75) is 49.6 Å². The van der Waals surface area contributed by atoms with Crippen LogP contribution in [0.25, 0.3) is 0 Å². The Labute approximate surface area is 194 Å². The lowest BCUT2D eigenvalue weighted by molar-refractivity contribution is 0.0929. The topological polar surface area (TPSA) is 144 Å². The summed E-state index contributed by atoms with van der Waals surface area (Å²) in [5.74, 6) is -2.14. The van der Waals surface area contributed by atoms with Gasteiger partial charge in [0.1, 0.15) is 0 Å². The first-order valence-corrected chi connectivity index (χ1v) is 12.0. The highest BCUT2D eigenvalue weighted by atomic mass is 33.1. The smallest absolute Gasteiger partial charge is 0.252 e. The van der Waals surface area contributed by atoms with Crippen LogP contribution in [0.1, 0.15) is 69.1 Å². The summed E-state index contributed by atoms with van der Waals surface area (Å²) in [4.78, 5) is 50.1. The van der Waals surface area contributed by atoms with Crippen molar-refractivity contribution in [2.24, 2.45) is 11.5 Å². The van der Waals surface area contributed by atoms with Gasteiger partial charge in [-0.15, -0.1) is 0 Å². The molecule has 0 aliphatic heterocycles. The molecule has 8 nitrogen and oxygen atoms in total. The number of amides is 4. The average Bonchev–Trinajstić information content (AvgIpc) is 2.70. The number of benzene rings is 2. The Bertz CT molecular complexity index is 971. The van der Waals surface area contributed by atoms with Gasteiger partial charge in [-0.2, -0.15) is 0 Å². The van der Waals surface area contributed by atoms with Gasteiger partial charge in [0.2, 0.25) is 11.8 Å². The van der Waals surface area contributed by atoms with Crippen molar-refractivity contribution in [1.82, 2.24) is 10.6 Å². The SMILES string of the molecule is CC(C)NC(=O)c1cccc(C(N)=O)c1SSc1c(C(N)=O)cccc1C(=O)NC(C)C. The molecule has 0 bridgehead atoms. The minimum absolute atomic E-state index is 0.118. The second kappa shape index (κ2) is 11.1. The van der Waals surface area contributed by atoms with E-state index in [1.54, 1.807) is 24.3 Å². The Balaban J connectivity index is 2.54. The summed E-state index contributed by atoms with van der Waals surface area (Å²) >= 11 is 0. The molecule has 2 aromatic carbocycles. The van der Waals surface area contributed by atoms with E-state index in [1.165, 1.54) is 12.1 Å². The number of rotatable bonds is 9. The van der Waals surface area contributed by atoms with Gasteiger partial charge in [0.15, 0.2) is 0 Å². The van der Waals surface area contributed by atoms with Crippen molar-refractivity contribution in [1.29, 1.82) is 0 Å². The molecular formula is C22H26N4O4S2. The van der Waals surface area contributed by atoms with E-state index in [-0.39, 0.29) is 46.2 Å². The third-order valence-corrected chi connectivity index (χ3v) is 6.64. The number of primary amides is 2. The van der Waals surface area contributed by atoms with Gasteiger partial charge in [0.05, 0.1) is 22.3 Å². The molecule has 0 unspecified atom stereocenters. The maximum atomic E-state index is 12.7. The Morgan fingerprint density at radius 1 is 0.656 bits per heavy atom. The molecule has 0 aliphatic rings. The summed E-state index contributed by atoms with van der Waals surface area (Å²) in [5, 5.41) is 5.59. The third-order valence-electron chi connectivity index (χ3n) is 4.10. The summed E-state index contributed by atoms with van der Waals surface area (Å²) in [6.07, 6.45) is 0. The predicted octanol–water partition coefficient (Wildman–Crippen LogP) is 2.96. The largest absolute Gasteiger partial charge is 0.366 e. The van der Waals surface area contributed by atoms with Crippen molar-refractivity contribution in [3.05, 3.63) is 58.7 Å². The van der Waals surface area contributed by atoms with E-state index in [2.05, 4.69) is 10.6 Å². The second-order valence-electron chi connectivity index (χ2n) is 7.52. The monoisotopic (exact) mass is 474 g/mol. The molecule has 0 fully saturated rings. The molecule has 4 amide bonds. The Morgan fingerprint density at radius 3 is 1.25 bits per heavy atom. The Kier molecular flexibility index (Phi) is 8.73.